The minimum absolute atomic E-state index is 0.590. The monoisotopic (exact) mass is 308 g/mol. The average molecular weight is 308 g/mol. The van der Waals surface area contributed by atoms with E-state index in [0.717, 1.165) is 22.8 Å². The van der Waals surface area contributed by atoms with Crippen molar-refractivity contribution in [2.24, 2.45) is 0 Å². The Balaban J connectivity index is 2.15. The molecule has 0 fully saturated rings. The van der Waals surface area contributed by atoms with Gasteiger partial charge < -0.3 is 19.5 Å². The second-order valence-electron chi connectivity index (χ2n) is 4.35. The van der Waals surface area contributed by atoms with Gasteiger partial charge in [-0.2, -0.15) is 0 Å². The molecule has 0 aliphatic rings. The van der Waals surface area contributed by atoms with Crippen molar-refractivity contribution in [2.75, 3.05) is 26.6 Å². The van der Waals surface area contributed by atoms with Gasteiger partial charge in [0, 0.05) is 23.2 Å². The summed E-state index contributed by atoms with van der Waals surface area (Å²) in [5, 5.41) is 6.55. The maximum atomic E-state index is 5.33. The smallest absolute Gasteiger partial charge is 0.203 e. The van der Waals surface area contributed by atoms with Gasteiger partial charge in [-0.15, -0.1) is 11.3 Å². The molecule has 0 saturated carbocycles. The van der Waals surface area contributed by atoms with Crippen LogP contribution < -0.4 is 19.5 Å². The van der Waals surface area contributed by atoms with E-state index in [-0.39, 0.29) is 0 Å². The van der Waals surface area contributed by atoms with Crippen LogP contribution in [-0.4, -0.2) is 26.3 Å². The van der Waals surface area contributed by atoms with Crippen molar-refractivity contribution in [1.29, 1.82) is 0 Å². The van der Waals surface area contributed by atoms with Crippen LogP contribution in [-0.2, 0) is 13.0 Å². The first-order chi connectivity index (χ1) is 10.2. The van der Waals surface area contributed by atoms with Gasteiger partial charge in [0.2, 0.25) is 5.75 Å². The van der Waals surface area contributed by atoms with Crippen molar-refractivity contribution in [2.45, 2.75) is 19.9 Å². The number of aryl methyl sites for hydroxylation is 1. The SMILES string of the molecule is CCc1nc(CNc2cc(OC)c(OC)c(OC)c2)cs1. The number of ether oxygens (including phenoxy) is 3. The van der Waals surface area contributed by atoms with Crippen LogP contribution in [0.3, 0.4) is 0 Å². The van der Waals surface area contributed by atoms with Gasteiger partial charge in [-0.1, -0.05) is 6.92 Å². The Morgan fingerprint density at radius 3 is 2.24 bits per heavy atom. The predicted molar refractivity (Wildman–Crippen MR) is 84.9 cm³/mol. The van der Waals surface area contributed by atoms with E-state index in [1.54, 1.807) is 32.7 Å². The highest BCUT2D eigenvalue weighted by atomic mass is 32.1. The molecule has 0 spiro atoms. The average Bonchev–Trinajstić information content (AvgIpc) is 2.99. The molecule has 0 saturated heterocycles. The first kappa shape index (κ1) is 15.4. The first-order valence-corrected chi connectivity index (χ1v) is 7.56. The summed E-state index contributed by atoms with van der Waals surface area (Å²) >= 11 is 1.69. The van der Waals surface area contributed by atoms with Gasteiger partial charge in [-0.25, -0.2) is 4.98 Å². The van der Waals surface area contributed by atoms with Gasteiger partial charge >= 0.3 is 0 Å². The molecule has 0 unspecified atom stereocenters. The minimum atomic E-state index is 0.590. The summed E-state index contributed by atoms with van der Waals surface area (Å²) in [6.07, 6.45) is 0.967. The molecule has 1 aromatic carbocycles. The highest BCUT2D eigenvalue weighted by molar-refractivity contribution is 7.09. The molecule has 2 aromatic rings. The maximum absolute atomic E-state index is 5.33. The fourth-order valence-corrected chi connectivity index (χ4v) is 2.71. The summed E-state index contributed by atoms with van der Waals surface area (Å²) in [6, 6.07) is 3.77. The van der Waals surface area contributed by atoms with Crippen LogP contribution in [0, 0.1) is 0 Å². The van der Waals surface area contributed by atoms with Crippen LogP contribution >= 0.6 is 11.3 Å². The molecular weight excluding hydrogens is 288 g/mol. The minimum Gasteiger partial charge on any atom is -0.493 e. The number of hydrogen-bond donors (Lipinski definition) is 1. The van der Waals surface area contributed by atoms with E-state index in [9.17, 15) is 0 Å². The number of nitrogens with zero attached hydrogens (tertiary/aromatic N) is 1. The Morgan fingerprint density at radius 2 is 1.76 bits per heavy atom. The van der Waals surface area contributed by atoms with Crippen LogP contribution in [0.5, 0.6) is 17.2 Å². The summed E-state index contributed by atoms with van der Waals surface area (Å²) in [5.41, 5.74) is 1.93. The lowest BCUT2D eigenvalue weighted by molar-refractivity contribution is 0.324. The van der Waals surface area contributed by atoms with E-state index >= 15 is 0 Å². The topological polar surface area (TPSA) is 52.6 Å². The number of anilines is 1. The second kappa shape index (κ2) is 7.17. The largest absolute Gasteiger partial charge is 0.493 e. The number of aromatic nitrogens is 1. The molecule has 6 heteroatoms. The fourth-order valence-electron chi connectivity index (χ4n) is 1.97. The predicted octanol–water partition coefficient (Wildman–Crippen LogP) is 3.34. The molecule has 114 valence electrons. The molecule has 0 amide bonds. The summed E-state index contributed by atoms with van der Waals surface area (Å²) in [5.74, 6) is 1.85. The Morgan fingerprint density at radius 1 is 1.10 bits per heavy atom. The van der Waals surface area contributed by atoms with Gasteiger partial charge in [-0.3, -0.25) is 0 Å². The van der Waals surface area contributed by atoms with Crippen molar-refractivity contribution in [1.82, 2.24) is 4.98 Å². The third-order valence-corrected chi connectivity index (χ3v) is 4.08. The van der Waals surface area contributed by atoms with E-state index in [1.165, 1.54) is 0 Å². The van der Waals surface area contributed by atoms with Gasteiger partial charge in [0.1, 0.15) is 0 Å². The van der Waals surface area contributed by atoms with E-state index in [4.69, 9.17) is 14.2 Å². The number of rotatable bonds is 7. The highest BCUT2D eigenvalue weighted by Crippen LogP contribution is 2.39. The van der Waals surface area contributed by atoms with E-state index in [0.29, 0.717) is 23.8 Å². The van der Waals surface area contributed by atoms with Crippen molar-refractivity contribution in [3.8, 4) is 17.2 Å². The van der Waals surface area contributed by atoms with E-state index in [1.807, 2.05) is 12.1 Å². The van der Waals surface area contributed by atoms with Gasteiger partial charge in [0.25, 0.3) is 0 Å². The Labute approximate surface area is 128 Å². The van der Waals surface area contributed by atoms with Crippen LogP contribution in [0.25, 0.3) is 0 Å². The third-order valence-electron chi connectivity index (χ3n) is 3.04. The second-order valence-corrected chi connectivity index (χ2v) is 5.30. The molecule has 0 atom stereocenters. The number of nitrogens with one attached hydrogen (secondary N) is 1. The van der Waals surface area contributed by atoms with Crippen LogP contribution in [0.1, 0.15) is 17.6 Å². The molecular formula is C15H20N2O3S. The lowest BCUT2D eigenvalue weighted by Crippen LogP contribution is -2.02. The third kappa shape index (κ3) is 3.58. The molecule has 0 radical (unpaired) electrons. The molecule has 1 aromatic heterocycles. The molecule has 1 heterocycles. The number of thiazole rings is 1. The summed E-state index contributed by atoms with van der Waals surface area (Å²) < 4.78 is 16.0. The standard InChI is InChI=1S/C15H20N2O3S/c1-5-14-17-11(9-21-14)8-16-10-6-12(18-2)15(20-4)13(7-10)19-3/h6-7,9,16H,5,8H2,1-4H3. The van der Waals surface area contributed by atoms with E-state index in [2.05, 4.69) is 22.6 Å². The summed E-state index contributed by atoms with van der Waals surface area (Å²) in [6.45, 7) is 2.77. The number of benzene rings is 1. The van der Waals surface area contributed by atoms with Gasteiger partial charge in [0.15, 0.2) is 11.5 Å². The van der Waals surface area contributed by atoms with Gasteiger partial charge in [-0.05, 0) is 6.42 Å². The number of methoxy groups -OCH3 is 3. The summed E-state index contributed by atoms with van der Waals surface area (Å²) in [7, 11) is 4.80. The lowest BCUT2D eigenvalue weighted by atomic mass is 10.2. The van der Waals surface area contributed by atoms with Crippen molar-refractivity contribution in [3.63, 3.8) is 0 Å². The Kier molecular flexibility index (Phi) is 5.27. The quantitative estimate of drug-likeness (QED) is 0.850. The molecule has 1 N–H and O–H groups in total. The maximum Gasteiger partial charge on any atom is 0.203 e. The summed E-state index contributed by atoms with van der Waals surface area (Å²) in [4.78, 5) is 4.53. The van der Waals surface area contributed by atoms with Crippen molar-refractivity contribution in [3.05, 3.63) is 28.2 Å². The molecule has 2 rings (SSSR count). The molecule has 0 bridgehead atoms. The number of hydrogen-bond acceptors (Lipinski definition) is 6. The zero-order valence-electron chi connectivity index (χ0n) is 12.7. The van der Waals surface area contributed by atoms with Crippen LogP contribution in [0.2, 0.25) is 0 Å². The van der Waals surface area contributed by atoms with E-state index < -0.39 is 0 Å². The molecule has 21 heavy (non-hydrogen) atoms. The van der Waals surface area contributed by atoms with Gasteiger partial charge in [0.05, 0.1) is 38.6 Å². The molecule has 0 aliphatic carbocycles. The van der Waals surface area contributed by atoms with Crippen LogP contribution in [0.4, 0.5) is 5.69 Å². The lowest BCUT2D eigenvalue weighted by Gasteiger charge is -2.14. The zero-order chi connectivity index (χ0) is 15.2. The Hall–Kier alpha value is -1.95. The Bertz CT molecular complexity index is 573. The zero-order valence-corrected chi connectivity index (χ0v) is 13.5. The van der Waals surface area contributed by atoms with Crippen molar-refractivity contribution >= 4 is 17.0 Å². The molecule has 0 aliphatic heterocycles. The first-order valence-electron chi connectivity index (χ1n) is 6.69. The van der Waals surface area contributed by atoms with Crippen molar-refractivity contribution < 1.29 is 14.2 Å². The highest BCUT2D eigenvalue weighted by Gasteiger charge is 2.13. The fraction of sp³-hybridized carbons (Fsp3) is 0.400. The van der Waals surface area contributed by atoms with Crippen LogP contribution in [0.15, 0.2) is 17.5 Å². The molecule has 5 nitrogen and oxygen atoms in total. The normalized spacial score (nSPS) is 10.3.